The van der Waals surface area contributed by atoms with Crippen molar-refractivity contribution < 1.29 is 23.6 Å². The maximum atomic E-state index is 11.7. The number of nitrogens with zero attached hydrogens (tertiary/aromatic N) is 2. The van der Waals surface area contributed by atoms with Gasteiger partial charge in [0.05, 0.1) is 34.6 Å². The highest BCUT2D eigenvalue weighted by molar-refractivity contribution is 6.62. The zero-order valence-corrected chi connectivity index (χ0v) is 17.4. The first kappa shape index (κ1) is 20.7. The Labute approximate surface area is 170 Å². The van der Waals surface area contributed by atoms with Gasteiger partial charge in [0, 0.05) is 6.20 Å². The van der Waals surface area contributed by atoms with Gasteiger partial charge in [0.2, 0.25) is 0 Å². The summed E-state index contributed by atoms with van der Waals surface area (Å²) in [7, 11) is -0.491. The Morgan fingerprint density at radius 1 is 1.25 bits per heavy atom. The minimum Gasteiger partial charge on any atom is -0.470 e. The SMILES string of the molecule is CCOC(=O)c1cnn(COc2ccc(B3OC(C)(C)C(C)(C)O3)cc2Cl)c1. The van der Waals surface area contributed by atoms with Crippen LogP contribution in [0.2, 0.25) is 5.02 Å². The van der Waals surface area contributed by atoms with Crippen LogP contribution in [0, 0.1) is 0 Å². The quantitative estimate of drug-likeness (QED) is 0.542. The van der Waals surface area contributed by atoms with E-state index < -0.39 is 24.3 Å². The van der Waals surface area contributed by atoms with Crippen molar-refractivity contribution >= 4 is 30.2 Å². The molecule has 0 radical (unpaired) electrons. The van der Waals surface area contributed by atoms with Gasteiger partial charge in [-0.1, -0.05) is 17.7 Å². The van der Waals surface area contributed by atoms with Gasteiger partial charge in [0.25, 0.3) is 0 Å². The first-order valence-electron chi connectivity index (χ1n) is 9.10. The molecule has 0 N–H and O–H groups in total. The van der Waals surface area contributed by atoms with Gasteiger partial charge in [0.1, 0.15) is 5.75 Å². The molecule has 1 aliphatic heterocycles. The van der Waals surface area contributed by atoms with Crippen molar-refractivity contribution in [1.29, 1.82) is 0 Å². The minimum atomic E-state index is -0.491. The molecule has 1 fully saturated rings. The lowest BCUT2D eigenvalue weighted by molar-refractivity contribution is 0.00578. The Morgan fingerprint density at radius 2 is 1.93 bits per heavy atom. The molecule has 3 rings (SSSR count). The molecule has 28 heavy (non-hydrogen) atoms. The molecule has 1 aliphatic rings. The molecule has 2 aromatic rings. The zero-order valence-electron chi connectivity index (χ0n) is 16.7. The van der Waals surface area contributed by atoms with Crippen LogP contribution in [0.3, 0.4) is 0 Å². The molecule has 7 nitrogen and oxygen atoms in total. The second-order valence-corrected chi connectivity index (χ2v) is 7.95. The van der Waals surface area contributed by atoms with Gasteiger partial charge in [-0.3, -0.25) is 0 Å². The first-order valence-corrected chi connectivity index (χ1v) is 9.48. The summed E-state index contributed by atoms with van der Waals surface area (Å²) in [5.41, 5.74) is 0.346. The second-order valence-electron chi connectivity index (χ2n) is 7.54. The summed E-state index contributed by atoms with van der Waals surface area (Å²) in [4.78, 5) is 11.7. The Morgan fingerprint density at radius 3 is 2.54 bits per heavy atom. The predicted molar refractivity (Wildman–Crippen MR) is 106 cm³/mol. The van der Waals surface area contributed by atoms with Gasteiger partial charge in [-0.05, 0) is 52.2 Å². The Bertz CT molecular complexity index is 852. The Hall–Kier alpha value is -2.03. The smallest absolute Gasteiger partial charge is 0.470 e. The fourth-order valence-corrected chi connectivity index (χ4v) is 2.89. The largest absolute Gasteiger partial charge is 0.494 e. The van der Waals surface area contributed by atoms with Crippen molar-refractivity contribution in [2.45, 2.75) is 52.6 Å². The monoisotopic (exact) mass is 406 g/mol. The number of benzene rings is 1. The van der Waals surface area contributed by atoms with Crippen molar-refractivity contribution in [1.82, 2.24) is 9.78 Å². The van der Waals surface area contributed by atoms with Gasteiger partial charge < -0.3 is 18.8 Å². The molecule has 2 heterocycles. The molecule has 0 atom stereocenters. The normalized spacial score (nSPS) is 17.6. The van der Waals surface area contributed by atoms with Crippen LogP contribution in [0.15, 0.2) is 30.6 Å². The highest BCUT2D eigenvalue weighted by Crippen LogP contribution is 2.37. The molecule has 0 saturated carbocycles. The first-order chi connectivity index (χ1) is 13.1. The number of halogens is 1. The second kappa shape index (κ2) is 7.77. The summed E-state index contributed by atoms with van der Waals surface area (Å²) in [6.45, 7) is 10.2. The average molecular weight is 407 g/mol. The van der Waals surface area contributed by atoms with Crippen molar-refractivity contribution in [2.75, 3.05) is 6.61 Å². The molecule has 1 aromatic carbocycles. The van der Waals surface area contributed by atoms with Crippen LogP contribution in [0.5, 0.6) is 5.75 Å². The van der Waals surface area contributed by atoms with E-state index in [0.29, 0.717) is 22.9 Å². The average Bonchev–Trinajstić information content (AvgIpc) is 3.16. The van der Waals surface area contributed by atoms with Crippen LogP contribution in [-0.4, -0.2) is 40.7 Å². The third kappa shape index (κ3) is 4.19. The van der Waals surface area contributed by atoms with Crippen molar-refractivity contribution in [3.8, 4) is 5.75 Å². The number of esters is 1. The standard InChI is InChI=1S/C19H24BClN2O5/c1-6-25-17(24)13-10-22-23(11-13)12-26-16-8-7-14(9-15(16)21)20-27-18(2,3)19(4,5)28-20/h7-11H,6,12H2,1-5H3. The predicted octanol–water partition coefficient (Wildman–Crippen LogP) is 3.05. The Balaban J connectivity index is 1.65. The van der Waals surface area contributed by atoms with Gasteiger partial charge in [-0.25, -0.2) is 9.48 Å². The molecule has 0 unspecified atom stereocenters. The van der Waals surface area contributed by atoms with E-state index in [4.69, 9.17) is 30.4 Å². The lowest BCUT2D eigenvalue weighted by Crippen LogP contribution is -2.41. The zero-order chi connectivity index (χ0) is 20.5. The molecule has 1 saturated heterocycles. The number of rotatable bonds is 6. The summed E-state index contributed by atoms with van der Waals surface area (Å²) in [6.07, 6.45) is 3.00. The summed E-state index contributed by atoms with van der Waals surface area (Å²) < 4.78 is 24.2. The fourth-order valence-electron chi connectivity index (χ4n) is 2.65. The molecule has 0 amide bonds. The van der Waals surface area contributed by atoms with E-state index in [-0.39, 0.29) is 6.73 Å². The molecule has 0 aliphatic carbocycles. The molecule has 9 heteroatoms. The van der Waals surface area contributed by atoms with Crippen LogP contribution in [-0.2, 0) is 20.8 Å². The molecule has 0 bridgehead atoms. The highest BCUT2D eigenvalue weighted by Gasteiger charge is 2.51. The number of aromatic nitrogens is 2. The lowest BCUT2D eigenvalue weighted by atomic mass is 9.79. The third-order valence-corrected chi connectivity index (χ3v) is 5.27. The highest BCUT2D eigenvalue weighted by atomic mass is 35.5. The van der Waals surface area contributed by atoms with Crippen molar-refractivity contribution in [2.24, 2.45) is 0 Å². The lowest BCUT2D eigenvalue weighted by Gasteiger charge is -2.32. The number of carbonyl (C=O) groups is 1. The van der Waals surface area contributed by atoms with Crippen LogP contribution in [0.25, 0.3) is 0 Å². The Kier molecular flexibility index (Phi) is 5.75. The number of hydrogen-bond donors (Lipinski definition) is 0. The molecule has 0 spiro atoms. The van der Waals surface area contributed by atoms with Gasteiger partial charge in [-0.15, -0.1) is 0 Å². The molecule has 1 aromatic heterocycles. The van der Waals surface area contributed by atoms with E-state index in [2.05, 4.69) is 5.10 Å². The van der Waals surface area contributed by atoms with E-state index >= 15 is 0 Å². The van der Waals surface area contributed by atoms with Gasteiger partial charge >= 0.3 is 13.1 Å². The summed E-state index contributed by atoms with van der Waals surface area (Å²) in [6, 6.07) is 5.39. The molecular formula is C19H24BClN2O5. The van der Waals surface area contributed by atoms with Crippen LogP contribution >= 0.6 is 11.6 Å². The molecular weight excluding hydrogens is 382 g/mol. The van der Waals surface area contributed by atoms with E-state index in [1.807, 2.05) is 33.8 Å². The fraction of sp³-hybridized carbons (Fsp3) is 0.474. The summed E-state index contributed by atoms with van der Waals surface area (Å²) in [5, 5.41) is 4.52. The van der Waals surface area contributed by atoms with Crippen molar-refractivity contribution in [3.63, 3.8) is 0 Å². The van der Waals surface area contributed by atoms with E-state index in [1.54, 1.807) is 25.3 Å². The maximum Gasteiger partial charge on any atom is 0.494 e. The van der Waals surface area contributed by atoms with Crippen LogP contribution in [0.1, 0.15) is 45.0 Å². The van der Waals surface area contributed by atoms with E-state index in [0.717, 1.165) is 5.46 Å². The maximum absolute atomic E-state index is 11.7. The van der Waals surface area contributed by atoms with Gasteiger partial charge in [-0.2, -0.15) is 5.10 Å². The van der Waals surface area contributed by atoms with Crippen LogP contribution < -0.4 is 10.2 Å². The summed E-state index contributed by atoms with van der Waals surface area (Å²) >= 11 is 6.37. The number of hydrogen-bond acceptors (Lipinski definition) is 6. The molecule has 150 valence electrons. The van der Waals surface area contributed by atoms with Crippen molar-refractivity contribution in [3.05, 3.63) is 41.2 Å². The number of ether oxygens (including phenoxy) is 2. The topological polar surface area (TPSA) is 71.8 Å². The summed E-state index contributed by atoms with van der Waals surface area (Å²) in [5.74, 6) is 0.0775. The third-order valence-electron chi connectivity index (χ3n) is 4.98. The number of carbonyl (C=O) groups excluding carboxylic acids is 1. The van der Waals surface area contributed by atoms with E-state index in [1.165, 1.54) is 10.9 Å². The van der Waals surface area contributed by atoms with E-state index in [9.17, 15) is 4.79 Å². The van der Waals surface area contributed by atoms with Crippen LogP contribution in [0.4, 0.5) is 0 Å². The minimum absolute atomic E-state index is 0.106. The van der Waals surface area contributed by atoms with Gasteiger partial charge in [0.15, 0.2) is 6.73 Å².